The Morgan fingerprint density at radius 3 is 2.35 bits per heavy atom. The van der Waals surface area contributed by atoms with E-state index in [0.29, 0.717) is 30.6 Å². The van der Waals surface area contributed by atoms with Gasteiger partial charge in [0.2, 0.25) is 0 Å². The van der Waals surface area contributed by atoms with Gasteiger partial charge in [-0.25, -0.2) is 0 Å². The summed E-state index contributed by atoms with van der Waals surface area (Å²) in [6.45, 7) is 4.93. The number of aromatic nitrogens is 1. The molecule has 3 aliphatic heterocycles. The summed E-state index contributed by atoms with van der Waals surface area (Å²) in [6, 6.07) is 10.5. The molecule has 5 unspecified atom stereocenters. The molecule has 5 atom stereocenters. The molecule has 3 fully saturated rings. The number of nitrogens with zero attached hydrogens (tertiary/aromatic N) is 2. The highest BCUT2D eigenvalue weighted by Crippen LogP contribution is 2.48. The minimum atomic E-state index is -4.91. The SMILES string of the molecule is C=CC1C[N+]2(Cc3cc(C(F)(F)F)cc(C(F)(F)F)c3)CCC1CC2C(O)c1ccnc2ccccc12. The average molecular weight is 522 g/mol. The first-order chi connectivity index (χ1) is 17.4. The average Bonchev–Trinajstić information content (AvgIpc) is 2.86. The summed E-state index contributed by atoms with van der Waals surface area (Å²) in [5, 5.41) is 12.5. The molecule has 2 bridgehead atoms. The predicted molar refractivity (Wildman–Crippen MR) is 127 cm³/mol. The van der Waals surface area contributed by atoms with Gasteiger partial charge in [0.05, 0.1) is 29.7 Å². The second-order valence-electron chi connectivity index (χ2n) is 10.3. The van der Waals surface area contributed by atoms with E-state index in [1.54, 1.807) is 12.3 Å². The van der Waals surface area contributed by atoms with E-state index >= 15 is 0 Å². The van der Waals surface area contributed by atoms with E-state index < -0.39 is 35.6 Å². The Morgan fingerprint density at radius 2 is 1.70 bits per heavy atom. The second-order valence-corrected chi connectivity index (χ2v) is 10.3. The monoisotopic (exact) mass is 521 g/mol. The number of halogens is 6. The molecule has 3 aliphatic rings. The highest BCUT2D eigenvalue weighted by molar-refractivity contribution is 5.82. The minimum Gasteiger partial charge on any atom is -0.382 e. The lowest BCUT2D eigenvalue weighted by Crippen LogP contribution is -2.67. The van der Waals surface area contributed by atoms with Crippen molar-refractivity contribution in [3.8, 4) is 0 Å². The topological polar surface area (TPSA) is 33.1 Å². The Morgan fingerprint density at radius 1 is 1.03 bits per heavy atom. The summed E-state index contributed by atoms with van der Waals surface area (Å²) in [5.41, 5.74) is -1.31. The zero-order valence-corrected chi connectivity index (χ0v) is 19.9. The number of aliphatic hydroxyl groups is 1. The molecule has 1 N–H and O–H groups in total. The van der Waals surface area contributed by atoms with Gasteiger partial charge in [0.25, 0.3) is 0 Å². The standard InChI is InChI=1S/C28H27F6N2O/c1-2-18-16-36(15-17-11-20(27(29,30)31)14-21(12-17)28(32,33)34)10-8-19(18)13-25(36)26(37)23-7-9-35-24-6-4-3-5-22(23)24/h2-7,9,11-12,14,18-19,25-26,37H,1,8,10,13,15-16H2/q+1. The van der Waals surface area contributed by atoms with Crippen LogP contribution in [0.25, 0.3) is 10.9 Å². The van der Waals surface area contributed by atoms with E-state index in [4.69, 9.17) is 0 Å². The molecular formula is C28H27F6N2O+. The van der Waals surface area contributed by atoms with Crippen molar-refractivity contribution < 1.29 is 35.9 Å². The van der Waals surface area contributed by atoms with Crippen molar-refractivity contribution in [1.29, 1.82) is 0 Å². The first kappa shape index (κ1) is 25.7. The molecule has 0 radical (unpaired) electrons. The van der Waals surface area contributed by atoms with Crippen molar-refractivity contribution in [3.05, 3.63) is 89.6 Å². The number of aliphatic hydroxyl groups excluding tert-OH is 1. The van der Waals surface area contributed by atoms with E-state index in [1.165, 1.54) is 0 Å². The Bertz CT molecular complexity index is 1280. The molecule has 3 aromatic rings. The number of piperidine rings is 3. The van der Waals surface area contributed by atoms with Crippen LogP contribution < -0.4 is 0 Å². The molecule has 6 rings (SSSR count). The van der Waals surface area contributed by atoms with Gasteiger partial charge in [-0.1, -0.05) is 24.3 Å². The highest BCUT2D eigenvalue weighted by atomic mass is 19.4. The lowest BCUT2D eigenvalue weighted by Gasteiger charge is -2.58. The number of hydrogen-bond acceptors (Lipinski definition) is 2. The van der Waals surface area contributed by atoms with Crippen LogP contribution in [0.3, 0.4) is 0 Å². The third-order valence-electron chi connectivity index (χ3n) is 8.19. The van der Waals surface area contributed by atoms with Crippen LogP contribution in [-0.2, 0) is 18.9 Å². The predicted octanol–water partition coefficient (Wildman–Crippen LogP) is 6.92. The van der Waals surface area contributed by atoms with Crippen LogP contribution in [0, 0.1) is 11.8 Å². The van der Waals surface area contributed by atoms with Gasteiger partial charge in [-0.15, -0.1) is 6.58 Å². The first-order valence-corrected chi connectivity index (χ1v) is 12.2. The zero-order valence-electron chi connectivity index (χ0n) is 19.9. The number of alkyl halides is 6. The van der Waals surface area contributed by atoms with E-state index in [0.717, 1.165) is 23.9 Å². The van der Waals surface area contributed by atoms with Crippen molar-refractivity contribution in [2.24, 2.45) is 11.8 Å². The Hall–Kier alpha value is -2.91. The quantitative estimate of drug-likeness (QED) is 0.225. The van der Waals surface area contributed by atoms with Crippen LogP contribution in [-0.4, -0.2) is 33.7 Å². The van der Waals surface area contributed by atoms with Gasteiger partial charge < -0.3 is 9.59 Å². The fourth-order valence-corrected chi connectivity index (χ4v) is 6.44. The number of hydrogen-bond donors (Lipinski definition) is 1. The second kappa shape index (κ2) is 9.13. The van der Waals surface area contributed by atoms with Crippen LogP contribution in [0.5, 0.6) is 0 Å². The highest BCUT2D eigenvalue weighted by Gasteiger charge is 2.54. The van der Waals surface area contributed by atoms with Crippen molar-refractivity contribution in [2.75, 3.05) is 13.1 Å². The van der Waals surface area contributed by atoms with Crippen molar-refractivity contribution in [3.63, 3.8) is 0 Å². The van der Waals surface area contributed by atoms with Crippen LogP contribution in [0.1, 0.15) is 41.2 Å². The van der Waals surface area contributed by atoms with Gasteiger partial charge in [-0.3, -0.25) is 4.98 Å². The maximum absolute atomic E-state index is 13.6. The lowest BCUT2D eigenvalue weighted by atomic mass is 9.71. The molecule has 4 heterocycles. The molecule has 196 valence electrons. The van der Waals surface area contributed by atoms with E-state index in [1.807, 2.05) is 30.3 Å². The van der Waals surface area contributed by atoms with Crippen molar-refractivity contribution in [2.45, 2.75) is 43.9 Å². The lowest BCUT2D eigenvalue weighted by molar-refractivity contribution is -0.984. The molecule has 0 amide bonds. The number of fused-ring (bicyclic) bond motifs is 4. The molecule has 0 aliphatic carbocycles. The van der Waals surface area contributed by atoms with Gasteiger partial charge in [-0.05, 0) is 41.8 Å². The van der Waals surface area contributed by atoms with E-state index in [9.17, 15) is 31.4 Å². The van der Waals surface area contributed by atoms with Crippen LogP contribution in [0.15, 0.2) is 67.4 Å². The maximum Gasteiger partial charge on any atom is 0.416 e. The van der Waals surface area contributed by atoms with E-state index in [-0.39, 0.29) is 34.5 Å². The molecule has 3 nitrogen and oxygen atoms in total. The molecule has 9 heteroatoms. The van der Waals surface area contributed by atoms with Crippen LogP contribution >= 0.6 is 0 Å². The molecule has 3 saturated heterocycles. The van der Waals surface area contributed by atoms with Crippen LogP contribution in [0.2, 0.25) is 0 Å². The molecule has 0 saturated carbocycles. The van der Waals surface area contributed by atoms with Crippen molar-refractivity contribution in [1.82, 2.24) is 4.98 Å². The van der Waals surface area contributed by atoms with Gasteiger partial charge >= 0.3 is 12.4 Å². The maximum atomic E-state index is 13.6. The fourth-order valence-electron chi connectivity index (χ4n) is 6.44. The summed E-state index contributed by atoms with van der Waals surface area (Å²) >= 11 is 0. The Kier molecular flexibility index (Phi) is 6.35. The van der Waals surface area contributed by atoms with Gasteiger partial charge in [0.1, 0.15) is 18.7 Å². The Labute approximate surface area is 210 Å². The number of benzene rings is 2. The Balaban J connectivity index is 1.59. The van der Waals surface area contributed by atoms with Crippen LogP contribution in [0.4, 0.5) is 26.3 Å². The molecular weight excluding hydrogens is 494 g/mol. The third-order valence-corrected chi connectivity index (χ3v) is 8.19. The first-order valence-electron chi connectivity index (χ1n) is 12.2. The summed E-state index contributed by atoms with van der Waals surface area (Å²) in [5.74, 6) is 0.316. The number of pyridine rings is 1. The molecule has 2 aromatic carbocycles. The normalized spacial score (nSPS) is 26.8. The van der Waals surface area contributed by atoms with Gasteiger partial charge in [0, 0.05) is 35.9 Å². The minimum absolute atomic E-state index is 0.0397. The summed E-state index contributed by atoms with van der Waals surface area (Å²) in [4.78, 5) is 4.35. The summed E-state index contributed by atoms with van der Waals surface area (Å²) in [7, 11) is 0. The summed E-state index contributed by atoms with van der Waals surface area (Å²) in [6.07, 6.45) is -5.99. The smallest absolute Gasteiger partial charge is 0.382 e. The number of para-hydroxylation sites is 1. The largest absolute Gasteiger partial charge is 0.416 e. The van der Waals surface area contributed by atoms with Gasteiger partial charge in [-0.2, -0.15) is 26.3 Å². The van der Waals surface area contributed by atoms with Crippen molar-refractivity contribution >= 4 is 10.9 Å². The molecule has 1 aromatic heterocycles. The fraction of sp³-hybridized carbons (Fsp3) is 0.393. The molecule has 0 spiro atoms. The van der Waals surface area contributed by atoms with E-state index in [2.05, 4.69) is 11.6 Å². The number of quaternary nitrogens is 1. The number of rotatable bonds is 5. The van der Waals surface area contributed by atoms with Gasteiger partial charge in [0.15, 0.2) is 0 Å². The third kappa shape index (κ3) is 4.75. The molecule has 37 heavy (non-hydrogen) atoms. The summed E-state index contributed by atoms with van der Waals surface area (Å²) < 4.78 is 81.6. The zero-order chi connectivity index (χ0) is 26.6.